The van der Waals surface area contributed by atoms with Crippen molar-refractivity contribution in [1.82, 2.24) is 24.5 Å². The van der Waals surface area contributed by atoms with Crippen LogP contribution in [-0.4, -0.2) is 42.4 Å². The van der Waals surface area contributed by atoms with Gasteiger partial charge in [-0.3, -0.25) is 9.59 Å². The molecule has 10 heteroatoms. The van der Waals surface area contributed by atoms with Gasteiger partial charge in [0, 0.05) is 33.7 Å². The number of esters is 1. The number of carbonyl (C=O) groups is 2. The number of rotatable bonds is 6. The molecule has 3 aromatic heterocycles. The molecule has 3 heterocycles. The maximum Gasteiger partial charge on any atom is 0.342 e. The summed E-state index contributed by atoms with van der Waals surface area (Å²) in [5, 5.41) is 11.0. The van der Waals surface area contributed by atoms with Crippen LogP contribution >= 0.6 is 11.6 Å². The highest BCUT2D eigenvalue weighted by molar-refractivity contribution is 6.30. The fraction of sp³-hybridized carbons (Fsp3) is 0.208. The number of nitrogens with one attached hydrogen (secondary N) is 1. The number of aromatic amines is 1. The van der Waals surface area contributed by atoms with Crippen molar-refractivity contribution in [2.75, 3.05) is 0 Å². The fourth-order valence-electron chi connectivity index (χ4n) is 3.79. The molecule has 0 bridgehead atoms. The average molecular weight is 480 g/mol. The fourth-order valence-corrected chi connectivity index (χ4v) is 3.92. The van der Waals surface area contributed by atoms with E-state index in [9.17, 15) is 14.4 Å². The molecular weight excluding hydrogens is 458 g/mol. The Hall–Kier alpha value is -3.98. The highest BCUT2D eigenvalue weighted by Gasteiger charge is 2.26. The van der Waals surface area contributed by atoms with Gasteiger partial charge in [0.15, 0.2) is 11.9 Å². The first-order valence-corrected chi connectivity index (χ1v) is 10.9. The summed E-state index contributed by atoms with van der Waals surface area (Å²) in [6.07, 6.45) is 0.328. The van der Waals surface area contributed by atoms with E-state index in [0.717, 1.165) is 17.1 Å². The van der Waals surface area contributed by atoms with Gasteiger partial charge in [-0.15, -0.1) is 0 Å². The number of hydrogen-bond acceptors (Lipinski definition) is 6. The van der Waals surface area contributed by atoms with Crippen LogP contribution in [-0.2, 0) is 4.74 Å². The molecule has 1 unspecified atom stereocenters. The minimum atomic E-state index is -1.01. The van der Waals surface area contributed by atoms with Crippen LogP contribution < -0.4 is 5.56 Å². The van der Waals surface area contributed by atoms with Crippen molar-refractivity contribution < 1.29 is 14.3 Å². The number of carbonyl (C=O) groups excluding carboxylic acids is 2. The lowest BCUT2D eigenvalue weighted by Crippen LogP contribution is -2.25. The van der Waals surface area contributed by atoms with Crippen molar-refractivity contribution in [3.63, 3.8) is 0 Å². The van der Waals surface area contributed by atoms with Gasteiger partial charge in [-0.25, -0.2) is 14.6 Å². The predicted octanol–water partition coefficient (Wildman–Crippen LogP) is 3.75. The number of aryl methyl sites for hydroxylation is 1. The smallest absolute Gasteiger partial charge is 0.342 e. The number of H-pyrrole nitrogens is 1. The Bertz CT molecular complexity index is 1430. The summed E-state index contributed by atoms with van der Waals surface area (Å²) in [5.41, 5.74) is 3.26. The molecule has 0 aliphatic rings. The van der Waals surface area contributed by atoms with E-state index in [1.54, 1.807) is 25.1 Å². The average Bonchev–Trinajstić information content (AvgIpc) is 3.33. The number of ketones is 1. The molecule has 0 fully saturated rings. The zero-order valence-corrected chi connectivity index (χ0v) is 19.8. The number of hydrogen-bond donors (Lipinski definition) is 1. The van der Waals surface area contributed by atoms with Gasteiger partial charge < -0.3 is 9.30 Å². The summed E-state index contributed by atoms with van der Waals surface area (Å²) in [7, 11) is 0. The molecule has 0 spiro atoms. The molecule has 0 saturated heterocycles. The molecule has 0 amide bonds. The standard InChI is InChI=1S/C24H22ClN5O4/c1-13-11-19(14(2)29(13)18-7-5-17(25)6-8-18)23(32)16(4)34-24(33)20-12-26-30(15(20)3)21-9-10-22(31)28-27-21/h5-12,16H,1-4H3,(H,28,31). The molecular formula is C24H22ClN5O4. The van der Waals surface area contributed by atoms with E-state index in [2.05, 4.69) is 15.3 Å². The van der Waals surface area contributed by atoms with E-state index in [1.807, 2.05) is 30.5 Å². The van der Waals surface area contributed by atoms with Crippen LogP contribution in [0.4, 0.5) is 0 Å². The van der Waals surface area contributed by atoms with Gasteiger partial charge in [0.1, 0.15) is 5.56 Å². The second-order valence-electron chi connectivity index (χ2n) is 7.84. The molecule has 9 nitrogen and oxygen atoms in total. The first kappa shape index (κ1) is 23.2. The molecule has 0 aliphatic carbocycles. The molecule has 1 N–H and O–H groups in total. The molecule has 34 heavy (non-hydrogen) atoms. The summed E-state index contributed by atoms with van der Waals surface area (Å²) in [5.74, 6) is -0.649. The molecule has 0 saturated carbocycles. The van der Waals surface area contributed by atoms with E-state index >= 15 is 0 Å². The summed E-state index contributed by atoms with van der Waals surface area (Å²) in [6.45, 7) is 6.95. The third-order valence-corrected chi connectivity index (χ3v) is 5.80. The van der Waals surface area contributed by atoms with E-state index < -0.39 is 12.1 Å². The van der Waals surface area contributed by atoms with Crippen molar-refractivity contribution in [3.05, 3.63) is 92.2 Å². The molecule has 1 aromatic carbocycles. The molecule has 4 rings (SSSR count). The molecule has 174 valence electrons. The van der Waals surface area contributed by atoms with Gasteiger partial charge in [-0.1, -0.05) is 11.6 Å². The van der Waals surface area contributed by atoms with E-state index in [4.69, 9.17) is 16.3 Å². The number of aromatic nitrogens is 5. The first-order valence-electron chi connectivity index (χ1n) is 10.5. The topological polar surface area (TPSA) is 112 Å². The number of Topliss-reactive ketones (excluding diaryl/α,β-unsaturated/α-hetero) is 1. The lowest BCUT2D eigenvalue weighted by Gasteiger charge is -2.13. The van der Waals surface area contributed by atoms with Crippen LogP contribution in [0.1, 0.15) is 44.7 Å². The Morgan fingerprint density at radius 3 is 2.38 bits per heavy atom. The molecule has 0 radical (unpaired) electrons. The van der Waals surface area contributed by atoms with E-state index in [1.165, 1.54) is 29.9 Å². The van der Waals surface area contributed by atoms with Gasteiger partial charge in [0.05, 0.1) is 11.9 Å². The van der Waals surface area contributed by atoms with Crippen molar-refractivity contribution in [2.45, 2.75) is 33.8 Å². The highest BCUT2D eigenvalue weighted by atomic mass is 35.5. The normalized spacial score (nSPS) is 11.9. The lowest BCUT2D eigenvalue weighted by molar-refractivity contribution is 0.0317. The number of halogens is 1. The summed E-state index contributed by atoms with van der Waals surface area (Å²) in [4.78, 5) is 37.2. The second kappa shape index (κ2) is 9.11. The third-order valence-electron chi connectivity index (χ3n) is 5.55. The Morgan fingerprint density at radius 2 is 1.74 bits per heavy atom. The molecule has 0 aliphatic heterocycles. The van der Waals surface area contributed by atoms with Gasteiger partial charge in [0.2, 0.25) is 5.78 Å². The SMILES string of the molecule is Cc1c(C(=O)OC(C)C(=O)c2cc(C)n(-c3ccc(Cl)cc3)c2C)cnn1-c1ccc(=O)[nH]n1. The third kappa shape index (κ3) is 4.29. The number of nitrogens with zero attached hydrogens (tertiary/aromatic N) is 4. The van der Waals surface area contributed by atoms with Gasteiger partial charge in [-0.05, 0) is 64.1 Å². The predicted molar refractivity (Wildman–Crippen MR) is 126 cm³/mol. The Labute approximate surface area is 199 Å². The van der Waals surface area contributed by atoms with Crippen LogP contribution in [0.5, 0.6) is 0 Å². The van der Waals surface area contributed by atoms with Crippen molar-refractivity contribution in [3.8, 4) is 11.5 Å². The van der Waals surface area contributed by atoms with Gasteiger partial charge in [-0.2, -0.15) is 10.2 Å². The lowest BCUT2D eigenvalue weighted by atomic mass is 10.1. The summed E-state index contributed by atoms with van der Waals surface area (Å²) >= 11 is 5.99. The Morgan fingerprint density at radius 1 is 1.03 bits per heavy atom. The Balaban J connectivity index is 1.54. The van der Waals surface area contributed by atoms with E-state index in [0.29, 0.717) is 22.1 Å². The van der Waals surface area contributed by atoms with Crippen molar-refractivity contribution in [1.29, 1.82) is 0 Å². The summed E-state index contributed by atoms with van der Waals surface area (Å²) < 4.78 is 8.83. The van der Waals surface area contributed by atoms with Crippen molar-refractivity contribution >= 4 is 23.4 Å². The van der Waals surface area contributed by atoms with Crippen LogP contribution in [0.3, 0.4) is 0 Å². The Kier molecular flexibility index (Phi) is 6.21. The minimum Gasteiger partial charge on any atom is -0.451 e. The summed E-state index contributed by atoms with van der Waals surface area (Å²) in [6, 6.07) is 11.9. The zero-order chi connectivity index (χ0) is 24.6. The molecule has 4 aromatic rings. The van der Waals surface area contributed by atoms with Crippen LogP contribution in [0.15, 0.2) is 53.5 Å². The molecule has 1 atom stereocenters. The van der Waals surface area contributed by atoms with Gasteiger partial charge >= 0.3 is 5.97 Å². The zero-order valence-electron chi connectivity index (χ0n) is 19.0. The largest absolute Gasteiger partial charge is 0.451 e. The maximum absolute atomic E-state index is 13.2. The van der Waals surface area contributed by atoms with E-state index in [-0.39, 0.29) is 16.9 Å². The monoisotopic (exact) mass is 479 g/mol. The van der Waals surface area contributed by atoms with Crippen molar-refractivity contribution in [2.24, 2.45) is 0 Å². The minimum absolute atomic E-state index is 0.194. The quantitative estimate of drug-likeness (QED) is 0.333. The van der Waals surface area contributed by atoms with Crippen LogP contribution in [0.25, 0.3) is 11.5 Å². The van der Waals surface area contributed by atoms with Crippen LogP contribution in [0.2, 0.25) is 5.02 Å². The first-order chi connectivity index (χ1) is 16.2. The van der Waals surface area contributed by atoms with Crippen LogP contribution in [0, 0.1) is 20.8 Å². The second-order valence-corrected chi connectivity index (χ2v) is 8.28. The number of ether oxygens (including phenoxy) is 1. The maximum atomic E-state index is 13.2. The van der Waals surface area contributed by atoms with Gasteiger partial charge in [0.25, 0.3) is 5.56 Å². The highest BCUT2D eigenvalue weighted by Crippen LogP contribution is 2.24. The number of benzene rings is 1.